The summed E-state index contributed by atoms with van der Waals surface area (Å²) in [7, 11) is 0. The SMILES string of the molecule is CCCNc1ncc(C)c(N2CCC(C)CC2C)n1. The van der Waals surface area contributed by atoms with Gasteiger partial charge in [0.25, 0.3) is 0 Å². The van der Waals surface area contributed by atoms with Crippen molar-refractivity contribution in [3.63, 3.8) is 0 Å². The summed E-state index contributed by atoms with van der Waals surface area (Å²) in [6, 6.07) is 0.566. The van der Waals surface area contributed by atoms with Crippen LogP contribution in [-0.4, -0.2) is 29.1 Å². The molecule has 1 saturated heterocycles. The molecule has 0 aliphatic carbocycles. The van der Waals surface area contributed by atoms with Crippen LogP contribution in [0.1, 0.15) is 45.6 Å². The van der Waals surface area contributed by atoms with E-state index in [1.807, 2.05) is 6.20 Å². The molecule has 19 heavy (non-hydrogen) atoms. The van der Waals surface area contributed by atoms with Gasteiger partial charge in [-0.05, 0) is 39.0 Å². The fraction of sp³-hybridized carbons (Fsp3) is 0.733. The molecule has 0 bridgehead atoms. The van der Waals surface area contributed by atoms with Crippen LogP contribution in [0, 0.1) is 12.8 Å². The first-order valence-corrected chi connectivity index (χ1v) is 7.46. The molecule has 0 amide bonds. The normalized spacial score (nSPS) is 23.5. The lowest BCUT2D eigenvalue weighted by Gasteiger charge is -2.38. The first-order chi connectivity index (χ1) is 9.11. The minimum absolute atomic E-state index is 0.566. The predicted octanol–water partition coefficient (Wildman–Crippen LogP) is 3.23. The van der Waals surface area contributed by atoms with E-state index >= 15 is 0 Å². The lowest BCUT2D eigenvalue weighted by molar-refractivity contribution is 0.375. The fourth-order valence-electron chi connectivity index (χ4n) is 2.77. The first-order valence-electron chi connectivity index (χ1n) is 7.46. The predicted molar refractivity (Wildman–Crippen MR) is 80.8 cm³/mol. The van der Waals surface area contributed by atoms with E-state index in [0.29, 0.717) is 6.04 Å². The van der Waals surface area contributed by atoms with Crippen molar-refractivity contribution >= 4 is 11.8 Å². The van der Waals surface area contributed by atoms with Gasteiger partial charge in [-0.15, -0.1) is 0 Å². The smallest absolute Gasteiger partial charge is 0.224 e. The highest BCUT2D eigenvalue weighted by atomic mass is 15.2. The Morgan fingerprint density at radius 2 is 2.21 bits per heavy atom. The van der Waals surface area contributed by atoms with Crippen LogP contribution >= 0.6 is 0 Å². The molecule has 0 saturated carbocycles. The van der Waals surface area contributed by atoms with Crippen LogP contribution in [-0.2, 0) is 0 Å². The summed E-state index contributed by atoms with van der Waals surface area (Å²) >= 11 is 0. The van der Waals surface area contributed by atoms with E-state index in [-0.39, 0.29) is 0 Å². The zero-order valence-electron chi connectivity index (χ0n) is 12.6. The highest BCUT2D eigenvalue weighted by molar-refractivity contribution is 5.50. The fourth-order valence-corrected chi connectivity index (χ4v) is 2.77. The Balaban J connectivity index is 2.18. The lowest BCUT2D eigenvalue weighted by Crippen LogP contribution is -2.41. The number of hydrogen-bond acceptors (Lipinski definition) is 4. The molecule has 2 heterocycles. The van der Waals surface area contributed by atoms with Crippen LogP contribution in [0.3, 0.4) is 0 Å². The van der Waals surface area contributed by atoms with Gasteiger partial charge in [0.05, 0.1) is 0 Å². The Hall–Kier alpha value is -1.32. The number of anilines is 2. The van der Waals surface area contributed by atoms with Crippen molar-refractivity contribution in [1.82, 2.24) is 9.97 Å². The van der Waals surface area contributed by atoms with Gasteiger partial charge in [-0.2, -0.15) is 4.98 Å². The average Bonchev–Trinajstić information content (AvgIpc) is 2.38. The second kappa shape index (κ2) is 6.22. The number of rotatable bonds is 4. The third kappa shape index (κ3) is 3.37. The van der Waals surface area contributed by atoms with Crippen LogP contribution < -0.4 is 10.2 Å². The summed E-state index contributed by atoms with van der Waals surface area (Å²) < 4.78 is 0. The van der Waals surface area contributed by atoms with Gasteiger partial charge in [0.2, 0.25) is 5.95 Å². The van der Waals surface area contributed by atoms with Crippen molar-refractivity contribution in [3.8, 4) is 0 Å². The van der Waals surface area contributed by atoms with E-state index in [9.17, 15) is 0 Å². The zero-order chi connectivity index (χ0) is 13.8. The Kier molecular flexibility index (Phi) is 4.61. The molecule has 2 unspecified atom stereocenters. The van der Waals surface area contributed by atoms with Gasteiger partial charge in [-0.3, -0.25) is 0 Å². The topological polar surface area (TPSA) is 41.1 Å². The summed E-state index contributed by atoms with van der Waals surface area (Å²) in [6.07, 6.45) is 5.53. The molecule has 1 aliphatic rings. The maximum Gasteiger partial charge on any atom is 0.224 e. The van der Waals surface area contributed by atoms with Gasteiger partial charge >= 0.3 is 0 Å². The molecule has 2 atom stereocenters. The Morgan fingerprint density at radius 3 is 2.89 bits per heavy atom. The molecule has 1 aromatic rings. The van der Waals surface area contributed by atoms with Crippen LogP contribution in [0.5, 0.6) is 0 Å². The minimum atomic E-state index is 0.566. The minimum Gasteiger partial charge on any atom is -0.354 e. The lowest BCUT2D eigenvalue weighted by atomic mass is 9.93. The number of nitrogens with one attached hydrogen (secondary N) is 1. The number of aryl methyl sites for hydroxylation is 1. The van der Waals surface area contributed by atoms with E-state index in [4.69, 9.17) is 4.98 Å². The molecule has 1 aliphatic heterocycles. The van der Waals surface area contributed by atoms with E-state index in [2.05, 4.69) is 42.9 Å². The maximum atomic E-state index is 4.71. The third-order valence-electron chi connectivity index (χ3n) is 3.89. The highest BCUT2D eigenvalue weighted by Gasteiger charge is 2.25. The van der Waals surface area contributed by atoms with E-state index in [1.165, 1.54) is 18.4 Å². The van der Waals surface area contributed by atoms with Crippen molar-refractivity contribution < 1.29 is 0 Å². The maximum absolute atomic E-state index is 4.71. The van der Waals surface area contributed by atoms with Crippen molar-refractivity contribution in [2.45, 2.75) is 53.0 Å². The molecule has 2 rings (SSSR count). The van der Waals surface area contributed by atoms with Crippen molar-refractivity contribution in [3.05, 3.63) is 11.8 Å². The van der Waals surface area contributed by atoms with Crippen LogP contribution in [0.4, 0.5) is 11.8 Å². The quantitative estimate of drug-likeness (QED) is 0.904. The van der Waals surface area contributed by atoms with Gasteiger partial charge in [0.15, 0.2) is 0 Å². The second-order valence-corrected chi connectivity index (χ2v) is 5.80. The molecule has 1 aromatic heterocycles. The van der Waals surface area contributed by atoms with Crippen molar-refractivity contribution in [1.29, 1.82) is 0 Å². The Bertz CT molecular complexity index is 419. The molecular weight excluding hydrogens is 236 g/mol. The molecule has 0 spiro atoms. The third-order valence-corrected chi connectivity index (χ3v) is 3.89. The van der Waals surface area contributed by atoms with Crippen LogP contribution in [0.2, 0.25) is 0 Å². The Labute approximate surface area is 116 Å². The van der Waals surface area contributed by atoms with Gasteiger partial charge in [-0.1, -0.05) is 13.8 Å². The number of nitrogens with zero attached hydrogens (tertiary/aromatic N) is 3. The number of piperidine rings is 1. The molecule has 4 nitrogen and oxygen atoms in total. The summed E-state index contributed by atoms with van der Waals surface area (Å²) in [6.45, 7) is 10.9. The zero-order valence-corrected chi connectivity index (χ0v) is 12.6. The van der Waals surface area contributed by atoms with Crippen molar-refractivity contribution in [2.24, 2.45) is 5.92 Å². The van der Waals surface area contributed by atoms with Gasteiger partial charge in [0, 0.05) is 30.9 Å². The van der Waals surface area contributed by atoms with Gasteiger partial charge in [-0.25, -0.2) is 4.98 Å². The van der Waals surface area contributed by atoms with Crippen molar-refractivity contribution in [2.75, 3.05) is 23.3 Å². The standard InChI is InChI=1S/C15H26N4/c1-5-7-16-15-17-10-12(3)14(18-15)19-8-6-11(2)9-13(19)4/h10-11,13H,5-9H2,1-4H3,(H,16,17,18). The summed E-state index contributed by atoms with van der Waals surface area (Å²) in [5, 5.41) is 3.28. The molecule has 106 valence electrons. The van der Waals surface area contributed by atoms with E-state index < -0.39 is 0 Å². The largest absolute Gasteiger partial charge is 0.354 e. The van der Waals surface area contributed by atoms with E-state index in [1.54, 1.807) is 0 Å². The average molecular weight is 262 g/mol. The van der Waals surface area contributed by atoms with Gasteiger partial charge in [0.1, 0.15) is 5.82 Å². The number of hydrogen-bond donors (Lipinski definition) is 1. The second-order valence-electron chi connectivity index (χ2n) is 5.80. The van der Waals surface area contributed by atoms with Gasteiger partial charge < -0.3 is 10.2 Å². The summed E-state index contributed by atoms with van der Waals surface area (Å²) in [4.78, 5) is 11.5. The molecule has 4 heteroatoms. The van der Waals surface area contributed by atoms with E-state index in [0.717, 1.165) is 37.2 Å². The molecule has 0 aromatic carbocycles. The Morgan fingerprint density at radius 1 is 1.42 bits per heavy atom. The van der Waals surface area contributed by atoms with Crippen LogP contribution in [0.15, 0.2) is 6.20 Å². The van der Waals surface area contributed by atoms with Crippen LogP contribution in [0.25, 0.3) is 0 Å². The number of aromatic nitrogens is 2. The molecule has 0 radical (unpaired) electrons. The molecular formula is C15H26N4. The first kappa shape index (κ1) is 14.1. The summed E-state index contributed by atoms with van der Waals surface area (Å²) in [5.41, 5.74) is 1.17. The summed E-state index contributed by atoms with van der Waals surface area (Å²) in [5.74, 6) is 2.69. The highest BCUT2D eigenvalue weighted by Crippen LogP contribution is 2.28. The molecule has 1 N–H and O–H groups in total. The monoisotopic (exact) mass is 262 g/mol. The molecule has 1 fully saturated rings.